The van der Waals surface area contributed by atoms with Crippen LogP contribution in [0.3, 0.4) is 0 Å². The van der Waals surface area contributed by atoms with Gasteiger partial charge in [-0.05, 0) is 30.4 Å². The van der Waals surface area contributed by atoms with Crippen LogP contribution in [-0.2, 0) is 11.3 Å². The number of benzene rings is 1. The molecule has 0 amide bonds. The first-order valence-electron chi connectivity index (χ1n) is 7.04. The molecule has 1 aromatic carbocycles. The van der Waals surface area contributed by atoms with Gasteiger partial charge < -0.3 is 10.1 Å². The summed E-state index contributed by atoms with van der Waals surface area (Å²) in [5.41, 5.74) is 2.38. The first kappa shape index (κ1) is 12.6. The monoisotopic (exact) mass is 256 g/mol. The van der Waals surface area contributed by atoms with Crippen molar-refractivity contribution in [3.05, 3.63) is 42.1 Å². The quantitative estimate of drug-likeness (QED) is 0.913. The Hall–Kier alpha value is -1.45. The van der Waals surface area contributed by atoms with Crippen LogP contribution in [0.4, 0.5) is 0 Å². The van der Waals surface area contributed by atoms with Crippen molar-refractivity contribution in [2.75, 3.05) is 19.8 Å². The average molecular weight is 256 g/mol. The summed E-state index contributed by atoms with van der Waals surface area (Å²) in [6, 6.07) is 10.5. The zero-order valence-corrected chi connectivity index (χ0v) is 11.1. The summed E-state index contributed by atoms with van der Waals surface area (Å²) >= 11 is 0. The van der Waals surface area contributed by atoms with Crippen LogP contribution in [0.25, 0.3) is 10.9 Å². The van der Waals surface area contributed by atoms with E-state index < -0.39 is 0 Å². The lowest BCUT2D eigenvalue weighted by Crippen LogP contribution is -2.28. The molecule has 1 atom stereocenters. The fraction of sp³-hybridized carbons (Fsp3) is 0.438. The molecule has 0 radical (unpaired) electrons. The van der Waals surface area contributed by atoms with Crippen LogP contribution < -0.4 is 5.32 Å². The maximum absolute atomic E-state index is 5.50. The van der Waals surface area contributed by atoms with E-state index in [9.17, 15) is 0 Å². The first-order valence-corrected chi connectivity index (χ1v) is 7.04. The number of hydrogen-bond acceptors (Lipinski definition) is 3. The van der Waals surface area contributed by atoms with E-state index in [0.717, 1.165) is 31.8 Å². The molecule has 1 N–H and O–H groups in total. The minimum atomic E-state index is 0.664. The number of aromatic nitrogens is 1. The van der Waals surface area contributed by atoms with Gasteiger partial charge in [0.25, 0.3) is 0 Å². The molecule has 1 fully saturated rings. The standard InChI is InChI=1S/C16H20N2O/c1-5-14-7-2-8-18-16(14)15(6-1)11-17-10-13-4-3-9-19-12-13/h1-2,5-8,13,17H,3-4,9-12H2. The molecule has 1 aromatic heterocycles. The van der Waals surface area contributed by atoms with Crippen molar-refractivity contribution in [1.82, 2.24) is 10.3 Å². The molecule has 1 aliphatic heterocycles. The predicted octanol–water partition coefficient (Wildman–Crippen LogP) is 2.75. The molecule has 1 saturated heterocycles. The number of nitrogens with zero attached hydrogens (tertiary/aromatic N) is 1. The third-order valence-electron chi connectivity index (χ3n) is 3.72. The Morgan fingerprint density at radius 1 is 1.26 bits per heavy atom. The normalized spacial score (nSPS) is 19.7. The number of rotatable bonds is 4. The number of nitrogens with one attached hydrogen (secondary N) is 1. The minimum Gasteiger partial charge on any atom is -0.381 e. The number of ether oxygens (including phenoxy) is 1. The molecule has 1 aliphatic rings. The molecule has 3 heteroatoms. The van der Waals surface area contributed by atoms with Crippen molar-refractivity contribution < 1.29 is 4.74 Å². The summed E-state index contributed by atoms with van der Waals surface area (Å²) in [5, 5.41) is 4.75. The topological polar surface area (TPSA) is 34.2 Å². The molecule has 2 heterocycles. The lowest BCUT2D eigenvalue weighted by Gasteiger charge is -2.22. The number of fused-ring (bicyclic) bond motifs is 1. The predicted molar refractivity (Wildman–Crippen MR) is 77.0 cm³/mol. The van der Waals surface area contributed by atoms with E-state index in [1.165, 1.54) is 23.8 Å². The zero-order chi connectivity index (χ0) is 12.9. The molecule has 19 heavy (non-hydrogen) atoms. The molecule has 3 rings (SSSR count). The second kappa shape index (κ2) is 6.13. The van der Waals surface area contributed by atoms with Gasteiger partial charge in [0.15, 0.2) is 0 Å². The van der Waals surface area contributed by atoms with Crippen molar-refractivity contribution in [3.63, 3.8) is 0 Å². The van der Waals surface area contributed by atoms with E-state index in [0.29, 0.717) is 5.92 Å². The van der Waals surface area contributed by atoms with Gasteiger partial charge in [0.1, 0.15) is 0 Å². The van der Waals surface area contributed by atoms with Crippen LogP contribution in [0, 0.1) is 5.92 Å². The second-order valence-corrected chi connectivity index (χ2v) is 5.21. The Morgan fingerprint density at radius 2 is 2.21 bits per heavy atom. The SMILES string of the molecule is c1cnc2c(CNCC3CCCOC3)cccc2c1. The molecule has 1 unspecified atom stereocenters. The van der Waals surface area contributed by atoms with E-state index in [1.807, 2.05) is 12.3 Å². The summed E-state index contributed by atoms with van der Waals surface area (Å²) < 4.78 is 5.50. The summed E-state index contributed by atoms with van der Waals surface area (Å²) in [7, 11) is 0. The lowest BCUT2D eigenvalue weighted by atomic mass is 10.0. The van der Waals surface area contributed by atoms with Crippen LogP contribution in [0.5, 0.6) is 0 Å². The highest BCUT2D eigenvalue weighted by Gasteiger charge is 2.13. The smallest absolute Gasteiger partial charge is 0.0746 e. The number of pyridine rings is 1. The van der Waals surface area contributed by atoms with Crippen molar-refractivity contribution >= 4 is 10.9 Å². The summed E-state index contributed by atoms with van der Waals surface area (Å²) in [6.45, 7) is 3.75. The number of hydrogen-bond donors (Lipinski definition) is 1. The van der Waals surface area contributed by atoms with Crippen LogP contribution >= 0.6 is 0 Å². The molecule has 0 saturated carbocycles. The van der Waals surface area contributed by atoms with E-state index in [1.54, 1.807) is 0 Å². The average Bonchev–Trinajstić information content (AvgIpc) is 2.49. The summed E-state index contributed by atoms with van der Waals surface area (Å²) in [5.74, 6) is 0.664. The fourth-order valence-electron chi connectivity index (χ4n) is 2.69. The summed E-state index contributed by atoms with van der Waals surface area (Å²) in [4.78, 5) is 4.48. The highest BCUT2D eigenvalue weighted by molar-refractivity contribution is 5.81. The van der Waals surface area contributed by atoms with Crippen molar-refractivity contribution in [3.8, 4) is 0 Å². The molecule has 2 aromatic rings. The van der Waals surface area contributed by atoms with Crippen molar-refractivity contribution in [2.45, 2.75) is 19.4 Å². The van der Waals surface area contributed by atoms with Crippen LogP contribution in [0.2, 0.25) is 0 Å². The Morgan fingerprint density at radius 3 is 3.11 bits per heavy atom. The third-order valence-corrected chi connectivity index (χ3v) is 3.72. The van der Waals surface area contributed by atoms with Crippen LogP contribution in [-0.4, -0.2) is 24.7 Å². The Balaban J connectivity index is 1.62. The lowest BCUT2D eigenvalue weighted by molar-refractivity contribution is 0.0547. The zero-order valence-electron chi connectivity index (χ0n) is 11.1. The van der Waals surface area contributed by atoms with Gasteiger partial charge in [-0.15, -0.1) is 0 Å². The van der Waals surface area contributed by atoms with E-state index in [4.69, 9.17) is 4.74 Å². The van der Waals surface area contributed by atoms with Crippen LogP contribution in [0.15, 0.2) is 36.5 Å². The van der Waals surface area contributed by atoms with Gasteiger partial charge in [-0.25, -0.2) is 0 Å². The molecule has 3 nitrogen and oxygen atoms in total. The van der Waals surface area contributed by atoms with E-state index >= 15 is 0 Å². The van der Waals surface area contributed by atoms with Crippen molar-refractivity contribution in [2.24, 2.45) is 5.92 Å². The summed E-state index contributed by atoms with van der Waals surface area (Å²) in [6.07, 6.45) is 4.34. The molecule has 100 valence electrons. The molecule has 0 spiro atoms. The highest BCUT2D eigenvalue weighted by atomic mass is 16.5. The van der Waals surface area contributed by atoms with Gasteiger partial charge in [-0.3, -0.25) is 4.98 Å². The molecule has 0 bridgehead atoms. The Bertz CT molecular complexity index is 530. The third kappa shape index (κ3) is 3.11. The maximum atomic E-state index is 5.50. The van der Waals surface area contributed by atoms with Gasteiger partial charge in [-0.2, -0.15) is 0 Å². The van der Waals surface area contributed by atoms with Gasteiger partial charge >= 0.3 is 0 Å². The Kier molecular flexibility index (Phi) is 4.06. The van der Waals surface area contributed by atoms with Gasteiger partial charge in [-0.1, -0.05) is 24.3 Å². The fourth-order valence-corrected chi connectivity index (χ4v) is 2.69. The maximum Gasteiger partial charge on any atom is 0.0746 e. The van der Waals surface area contributed by atoms with Gasteiger partial charge in [0.2, 0.25) is 0 Å². The molecule has 0 aliphatic carbocycles. The largest absolute Gasteiger partial charge is 0.381 e. The van der Waals surface area contributed by atoms with Gasteiger partial charge in [0.05, 0.1) is 12.1 Å². The number of para-hydroxylation sites is 1. The van der Waals surface area contributed by atoms with Crippen molar-refractivity contribution in [1.29, 1.82) is 0 Å². The molecular formula is C16H20N2O. The van der Waals surface area contributed by atoms with Gasteiger partial charge in [0, 0.05) is 31.3 Å². The Labute approximate surface area is 114 Å². The van der Waals surface area contributed by atoms with Crippen LogP contribution in [0.1, 0.15) is 18.4 Å². The minimum absolute atomic E-state index is 0.664. The van der Waals surface area contributed by atoms with E-state index in [-0.39, 0.29) is 0 Å². The first-order chi connectivity index (χ1) is 9.43. The van der Waals surface area contributed by atoms with E-state index in [2.05, 4.69) is 34.6 Å². The highest BCUT2D eigenvalue weighted by Crippen LogP contribution is 2.16. The molecular weight excluding hydrogens is 236 g/mol. The second-order valence-electron chi connectivity index (χ2n) is 5.21.